The summed E-state index contributed by atoms with van der Waals surface area (Å²) in [4.78, 5) is 2.13. The maximum absolute atomic E-state index is 11.7. The minimum atomic E-state index is -1.20. The topological polar surface area (TPSA) is 23.5 Å². The van der Waals surface area contributed by atoms with Gasteiger partial charge in [-0.2, -0.15) is 0 Å². The molecule has 144 valence electrons. The molecule has 4 aromatic rings. The van der Waals surface area contributed by atoms with Gasteiger partial charge in [0.05, 0.1) is 0 Å². The Morgan fingerprint density at radius 2 is 1.17 bits per heavy atom. The summed E-state index contributed by atoms with van der Waals surface area (Å²) in [5.74, 6) is 0. The van der Waals surface area contributed by atoms with Crippen LogP contribution < -0.4 is 4.90 Å². The molecule has 0 heterocycles. The van der Waals surface area contributed by atoms with Crippen molar-refractivity contribution in [2.24, 2.45) is 0 Å². The zero-order valence-corrected chi connectivity index (χ0v) is 16.8. The Bertz CT molecular complexity index is 1090. The van der Waals surface area contributed by atoms with E-state index in [1.54, 1.807) is 0 Å². The predicted octanol–water partition coefficient (Wildman–Crippen LogP) is 5.86. The molecule has 0 amide bonds. The van der Waals surface area contributed by atoms with Crippen LogP contribution in [0.15, 0.2) is 103 Å². The van der Waals surface area contributed by atoms with E-state index < -0.39 is 5.60 Å². The van der Waals surface area contributed by atoms with E-state index in [-0.39, 0.29) is 0 Å². The Labute approximate surface area is 172 Å². The highest BCUT2D eigenvalue weighted by Gasteiger charge is 2.28. The lowest BCUT2D eigenvalue weighted by Crippen LogP contribution is -2.24. The summed E-state index contributed by atoms with van der Waals surface area (Å²) in [7, 11) is 4.11. The molecule has 0 spiro atoms. The molecule has 0 radical (unpaired) electrons. The number of aliphatic hydroxyl groups is 1. The molecule has 2 heteroatoms. The first kappa shape index (κ1) is 19.0. The van der Waals surface area contributed by atoms with E-state index in [0.29, 0.717) is 0 Å². The van der Waals surface area contributed by atoms with Crippen molar-refractivity contribution in [1.29, 1.82) is 0 Å². The van der Waals surface area contributed by atoms with E-state index in [1.807, 2.05) is 72.8 Å². The summed E-state index contributed by atoms with van der Waals surface area (Å²) in [5, 5.41) is 14.1. The summed E-state index contributed by atoms with van der Waals surface area (Å²) in [6.07, 6.45) is 3.93. The van der Waals surface area contributed by atoms with E-state index in [0.717, 1.165) is 16.7 Å². The Morgan fingerprint density at radius 3 is 1.72 bits per heavy atom. The van der Waals surface area contributed by atoms with Gasteiger partial charge in [0.1, 0.15) is 5.60 Å². The van der Waals surface area contributed by atoms with Gasteiger partial charge in [-0.05, 0) is 34.2 Å². The molecule has 0 atom stereocenters. The number of hydrogen-bond acceptors (Lipinski definition) is 2. The largest absolute Gasteiger partial charge is 0.377 e. The summed E-state index contributed by atoms with van der Waals surface area (Å²) >= 11 is 0. The predicted molar refractivity (Wildman–Crippen MR) is 123 cm³/mol. The van der Waals surface area contributed by atoms with E-state index in [2.05, 4.69) is 55.4 Å². The van der Waals surface area contributed by atoms with Gasteiger partial charge in [0.15, 0.2) is 0 Å². The third kappa shape index (κ3) is 3.67. The summed E-state index contributed by atoms with van der Waals surface area (Å²) in [6.45, 7) is 0. The third-order valence-corrected chi connectivity index (χ3v) is 5.35. The Balaban J connectivity index is 1.85. The first-order chi connectivity index (χ1) is 14.1. The maximum Gasteiger partial charge on any atom is 0.134 e. The third-order valence-electron chi connectivity index (χ3n) is 5.35. The van der Waals surface area contributed by atoms with Crippen LogP contribution in [0.2, 0.25) is 0 Å². The van der Waals surface area contributed by atoms with Crippen molar-refractivity contribution in [3.63, 3.8) is 0 Å². The molecule has 4 rings (SSSR count). The number of benzene rings is 4. The SMILES string of the molecule is CN(C)c1ccc(C=CC(O)(c2ccccc2)c2ccccc2)c2ccccc12. The van der Waals surface area contributed by atoms with Gasteiger partial charge in [-0.1, -0.05) is 97.1 Å². The lowest BCUT2D eigenvalue weighted by atomic mass is 9.85. The zero-order chi connectivity index (χ0) is 20.3. The molecule has 0 saturated heterocycles. The highest BCUT2D eigenvalue weighted by Crippen LogP contribution is 2.34. The number of nitrogens with zero attached hydrogens (tertiary/aromatic N) is 1. The molecule has 1 N–H and O–H groups in total. The number of rotatable bonds is 5. The Kier molecular flexibility index (Phi) is 5.20. The maximum atomic E-state index is 11.7. The van der Waals surface area contributed by atoms with Crippen LogP contribution in [0, 0.1) is 0 Å². The van der Waals surface area contributed by atoms with Crippen molar-refractivity contribution in [2.75, 3.05) is 19.0 Å². The fourth-order valence-electron chi connectivity index (χ4n) is 3.80. The number of anilines is 1. The van der Waals surface area contributed by atoms with Gasteiger partial charge >= 0.3 is 0 Å². The first-order valence-electron chi connectivity index (χ1n) is 9.81. The van der Waals surface area contributed by atoms with Crippen molar-refractivity contribution < 1.29 is 5.11 Å². The molecule has 0 aliphatic heterocycles. The zero-order valence-electron chi connectivity index (χ0n) is 16.8. The van der Waals surface area contributed by atoms with Crippen molar-refractivity contribution in [1.82, 2.24) is 0 Å². The average Bonchev–Trinajstić information content (AvgIpc) is 2.78. The first-order valence-corrected chi connectivity index (χ1v) is 9.81. The Hall–Kier alpha value is -3.36. The summed E-state index contributed by atoms with van der Waals surface area (Å²) in [6, 6.07) is 32.2. The molecule has 0 fully saturated rings. The second-order valence-corrected chi connectivity index (χ2v) is 7.45. The molecule has 0 aliphatic carbocycles. The second-order valence-electron chi connectivity index (χ2n) is 7.45. The molecule has 4 aromatic carbocycles. The second kappa shape index (κ2) is 7.94. The van der Waals surface area contributed by atoms with Crippen LogP contribution in [0.1, 0.15) is 16.7 Å². The Morgan fingerprint density at radius 1 is 0.655 bits per heavy atom. The van der Waals surface area contributed by atoms with E-state index in [1.165, 1.54) is 16.5 Å². The fourth-order valence-corrected chi connectivity index (χ4v) is 3.80. The lowest BCUT2D eigenvalue weighted by Gasteiger charge is -2.26. The van der Waals surface area contributed by atoms with Crippen LogP contribution >= 0.6 is 0 Å². The lowest BCUT2D eigenvalue weighted by molar-refractivity contribution is 0.135. The van der Waals surface area contributed by atoms with Gasteiger partial charge in [-0.25, -0.2) is 0 Å². The van der Waals surface area contributed by atoms with E-state index in [9.17, 15) is 5.11 Å². The molecule has 0 aliphatic rings. The van der Waals surface area contributed by atoms with Crippen LogP contribution in [0.5, 0.6) is 0 Å². The average molecular weight is 380 g/mol. The fraction of sp³-hybridized carbons (Fsp3) is 0.111. The monoisotopic (exact) mass is 379 g/mol. The van der Waals surface area contributed by atoms with E-state index in [4.69, 9.17) is 0 Å². The molecule has 2 nitrogen and oxygen atoms in total. The summed E-state index contributed by atoms with van der Waals surface area (Å²) in [5.41, 5.74) is 2.74. The molecular weight excluding hydrogens is 354 g/mol. The number of fused-ring (bicyclic) bond motifs is 1. The normalized spacial score (nSPS) is 11.8. The van der Waals surface area contributed by atoms with Crippen molar-refractivity contribution in [2.45, 2.75) is 5.60 Å². The van der Waals surface area contributed by atoms with Crippen LogP contribution in [0.3, 0.4) is 0 Å². The van der Waals surface area contributed by atoms with Gasteiger partial charge in [-0.3, -0.25) is 0 Å². The van der Waals surface area contributed by atoms with Crippen LogP contribution in [-0.4, -0.2) is 19.2 Å². The number of hydrogen-bond donors (Lipinski definition) is 1. The van der Waals surface area contributed by atoms with Crippen molar-refractivity contribution >= 4 is 22.5 Å². The summed E-state index contributed by atoms with van der Waals surface area (Å²) < 4.78 is 0. The van der Waals surface area contributed by atoms with Gasteiger partial charge < -0.3 is 10.0 Å². The quantitative estimate of drug-likeness (QED) is 0.470. The van der Waals surface area contributed by atoms with Gasteiger partial charge in [0.25, 0.3) is 0 Å². The van der Waals surface area contributed by atoms with E-state index >= 15 is 0 Å². The van der Waals surface area contributed by atoms with Crippen molar-refractivity contribution in [3.05, 3.63) is 120 Å². The highest BCUT2D eigenvalue weighted by molar-refractivity contribution is 5.99. The minimum Gasteiger partial charge on any atom is -0.377 e. The molecule has 0 unspecified atom stereocenters. The standard InChI is InChI=1S/C27H25NO/c1-28(2)26-18-17-21(24-15-9-10-16-25(24)26)19-20-27(29,22-11-5-3-6-12-22)23-13-7-4-8-14-23/h3-20,29H,1-2H3. The van der Waals surface area contributed by atoms with Crippen LogP contribution in [0.4, 0.5) is 5.69 Å². The molecule has 0 aromatic heterocycles. The molecule has 0 saturated carbocycles. The van der Waals surface area contributed by atoms with Gasteiger partial charge in [0.2, 0.25) is 0 Å². The van der Waals surface area contributed by atoms with Crippen LogP contribution in [-0.2, 0) is 5.60 Å². The smallest absolute Gasteiger partial charge is 0.134 e. The van der Waals surface area contributed by atoms with Crippen molar-refractivity contribution in [3.8, 4) is 0 Å². The molecule has 0 bridgehead atoms. The molecular formula is C27H25NO. The van der Waals surface area contributed by atoms with Gasteiger partial charge in [0, 0.05) is 25.2 Å². The minimum absolute atomic E-state index is 0.844. The highest BCUT2D eigenvalue weighted by atomic mass is 16.3. The molecule has 29 heavy (non-hydrogen) atoms. The van der Waals surface area contributed by atoms with Gasteiger partial charge in [-0.15, -0.1) is 0 Å². The van der Waals surface area contributed by atoms with Crippen LogP contribution in [0.25, 0.3) is 16.8 Å².